The number of ether oxygens (including phenoxy) is 2. The molecule has 0 radical (unpaired) electrons. The SMILES string of the molecule is CC(=O)O.CC(=O)O.CC(C)(C)c1ccnc(-n2c3[c-]c(Oc4[c-]c5c(cc4)c4cccnc4n4c6ccccc6nc54)ccc3c3ccccc32)c1.CC(C)(C)c1ccnc(-n2c3ccccc3c3ccc(Oc4ccc5c6cccnc6n6c7ccccc7nc6c5c4)cc32)c1.[Pd+2].[Pd]. The predicted molar refractivity (Wildman–Crippen MR) is 390 cm³/mol. The molecule has 0 saturated heterocycles. The largest absolute Gasteiger partial charge is 2.00 e. The molecule has 10 aromatic heterocycles. The third-order valence-corrected chi connectivity index (χ3v) is 17.4. The van der Waals surface area contributed by atoms with Crippen LogP contribution in [-0.2, 0) is 61.3 Å². The van der Waals surface area contributed by atoms with Crippen LogP contribution in [0.4, 0.5) is 0 Å². The molecular weight excluding hydrogens is 1430 g/mol. The van der Waals surface area contributed by atoms with Crippen LogP contribution in [0.5, 0.6) is 23.0 Å². The minimum Gasteiger partial charge on any atom is -0.503 e. The van der Waals surface area contributed by atoms with E-state index in [-0.39, 0.29) is 51.7 Å². The summed E-state index contributed by atoms with van der Waals surface area (Å²) in [7, 11) is 0. The van der Waals surface area contributed by atoms with Crippen molar-refractivity contribution in [2.24, 2.45) is 0 Å². The summed E-state index contributed by atoms with van der Waals surface area (Å²) in [5, 5.41) is 25.5. The Morgan fingerprint density at radius 2 is 0.830 bits per heavy atom. The van der Waals surface area contributed by atoms with E-state index in [0.29, 0.717) is 11.5 Å². The van der Waals surface area contributed by atoms with Crippen LogP contribution in [0.2, 0.25) is 0 Å². The van der Waals surface area contributed by atoms with E-state index in [4.69, 9.17) is 59.2 Å². The fraction of sp³-hybridized carbons (Fsp3) is 0.122. The van der Waals surface area contributed by atoms with Gasteiger partial charge in [0.05, 0.1) is 38.7 Å². The van der Waals surface area contributed by atoms with Gasteiger partial charge in [-0.25, -0.2) is 24.9 Å². The maximum Gasteiger partial charge on any atom is 2.00 e. The number of fused-ring (bicyclic) bond motifs is 22. The number of aliphatic carboxylic acids is 2. The van der Waals surface area contributed by atoms with Crippen molar-refractivity contribution in [3.63, 3.8) is 0 Å². The van der Waals surface area contributed by atoms with Crippen molar-refractivity contribution >= 4 is 133 Å². The fourth-order valence-electron chi connectivity index (χ4n) is 13.0. The zero-order valence-electron chi connectivity index (χ0n) is 55.6. The number of hydrogen-bond donors (Lipinski definition) is 2. The second kappa shape index (κ2) is 26.9. The Balaban J connectivity index is 0.000000159. The number of imidazole rings is 2. The Labute approximate surface area is 601 Å². The molecule has 498 valence electrons. The molecule has 0 amide bonds. The third kappa shape index (κ3) is 12.4. The zero-order valence-corrected chi connectivity index (χ0v) is 58.7. The van der Waals surface area contributed by atoms with Crippen LogP contribution < -0.4 is 9.47 Å². The molecule has 0 atom stereocenters. The molecule has 0 aliphatic rings. The minimum atomic E-state index is -0.833. The fourth-order valence-corrected chi connectivity index (χ4v) is 13.0. The number of carbonyl (C=O) groups is 2. The minimum absolute atomic E-state index is 0. The zero-order chi connectivity index (χ0) is 67.7. The van der Waals surface area contributed by atoms with Gasteiger partial charge in [0.1, 0.15) is 40.1 Å². The van der Waals surface area contributed by atoms with Crippen LogP contribution in [0, 0.1) is 12.1 Å². The second-order valence-corrected chi connectivity index (χ2v) is 26.1. The topological polar surface area (TPSA) is 189 Å². The molecule has 0 aliphatic carbocycles. The average molecular weight is 1500 g/mol. The van der Waals surface area contributed by atoms with Crippen molar-refractivity contribution in [2.45, 2.75) is 66.2 Å². The molecular formula is C82H64N10O6Pd2. The van der Waals surface area contributed by atoms with Gasteiger partial charge in [-0.15, -0.1) is 29.7 Å². The van der Waals surface area contributed by atoms with Gasteiger partial charge in [-0.1, -0.05) is 131 Å². The Bertz CT molecular complexity index is 5860. The van der Waals surface area contributed by atoms with Gasteiger partial charge >= 0.3 is 20.4 Å². The van der Waals surface area contributed by atoms with E-state index in [1.165, 1.54) is 16.5 Å². The van der Waals surface area contributed by atoms with E-state index in [1.807, 2.05) is 97.6 Å². The first-order valence-electron chi connectivity index (χ1n) is 32.1. The summed E-state index contributed by atoms with van der Waals surface area (Å²) in [6.07, 6.45) is 7.46. The van der Waals surface area contributed by atoms with E-state index >= 15 is 0 Å². The Morgan fingerprint density at radius 3 is 1.42 bits per heavy atom. The number of rotatable bonds is 6. The van der Waals surface area contributed by atoms with Crippen molar-refractivity contribution in [3.05, 3.63) is 254 Å². The van der Waals surface area contributed by atoms with Gasteiger partial charge in [-0.3, -0.25) is 23.5 Å². The molecule has 8 aromatic carbocycles. The van der Waals surface area contributed by atoms with Gasteiger partial charge in [0.25, 0.3) is 11.9 Å². The van der Waals surface area contributed by atoms with Gasteiger partial charge in [-0.05, 0) is 147 Å². The van der Waals surface area contributed by atoms with Crippen molar-refractivity contribution < 1.29 is 70.1 Å². The first-order chi connectivity index (χ1) is 47.3. The second-order valence-electron chi connectivity index (χ2n) is 26.1. The van der Waals surface area contributed by atoms with Crippen LogP contribution in [0.3, 0.4) is 0 Å². The number of aromatic nitrogens is 10. The van der Waals surface area contributed by atoms with Gasteiger partial charge in [-0.2, -0.15) is 6.07 Å². The number of nitrogens with zero attached hydrogens (tertiary/aromatic N) is 10. The van der Waals surface area contributed by atoms with E-state index < -0.39 is 11.9 Å². The Hall–Kier alpha value is -11.2. The number of carboxylic acids is 2. The van der Waals surface area contributed by atoms with E-state index in [2.05, 4.69) is 205 Å². The maximum atomic E-state index is 9.00. The van der Waals surface area contributed by atoms with Gasteiger partial charge in [0.15, 0.2) is 0 Å². The van der Waals surface area contributed by atoms with Crippen molar-refractivity contribution in [3.8, 4) is 34.6 Å². The number of benzene rings is 8. The number of hydrogen-bond acceptors (Lipinski definition) is 10. The molecule has 0 spiro atoms. The van der Waals surface area contributed by atoms with Crippen molar-refractivity contribution in [2.75, 3.05) is 0 Å². The Kier molecular flexibility index (Phi) is 18.1. The smallest absolute Gasteiger partial charge is 0.503 e. The van der Waals surface area contributed by atoms with Crippen LogP contribution in [-0.4, -0.2) is 70.0 Å². The number of para-hydroxylation sites is 6. The number of carboxylic acid groups (broad SMARTS) is 2. The van der Waals surface area contributed by atoms with Gasteiger partial charge < -0.3 is 28.7 Å². The normalized spacial score (nSPS) is 11.6. The van der Waals surface area contributed by atoms with Gasteiger partial charge in [0, 0.05) is 104 Å². The summed E-state index contributed by atoms with van der Waals surface area (Å²) >= 11 is 0. The monoisotopic (exact) mass is 1500 g/mol. The molecule has 10 heterocycles. The Morgan fingerprint density at radius 1 is 0.390 bits per heavy atom. The molecule has 0 fully saturated rings. The molecule has 16 nitrogen and oxygen atoms in total. The van der Waals surface area contributed by atoms with Gasteiger partial charge in [0.2, 0.25) is 0 Å². The molecule has 0 bridgehead atoms. The van der Waals surface area contributed by atoms with Crippen LogP contribution in [0.15, 0.2) is 231 Å². The van der Waals surface area contributed by atoms with Crippen LogP contribution >= 0.6 is 0 Å². The van der Waals surface area contributed by atoms with Crippen LogP contribution in [0.1, 0.15) is 66.5 Å². The molecule has 2 N–H and O–H groups in total. The molecule has 0 aliphatic heterocycles. The first kappa shape index (κ1) is 67.3. The summed E-state index contributed by atoms with van der Waals surface area (Å²) in [4.78, 5) is 47.1. The molecule has 18 rings (SSSR count). The summed E-state index contributed by atoms with van der Waals surface area (Å²) in [5.74, 6) is 2.77. The first-order valence-corrected chi connectivity index (χ1v) is 32.1. The van der Waals surface area contributed by atoms with E-state index in [0.717, 1.165) is 152 Å². The molecule has 0 saturated carbocycles. The number of pyridine rings is 6. The van der Waals surface area contributed by atoms with Crippen molar-refractivity contribution in [1.82, 2.24) is 47.8 Å². The summed E-state index contributed by atoms with van der Waals surface area (Å²) in [6.45, 7) is 15.5. The standard InChI is InChI=1S/C39H29N5O.C39H27N5O.2C2H4O2.2Pd/c2*1-39(2,3)24-18-20-40-36(21-24)43-33-12-6-4-9-28(33)29-17-15-26(23-35(29)43)45-25-14-16-27-30-10-8-19-41-37(30)44-34-13-7-5-11-32(34)42-38(44)31(27)22-25;2*1-2(3)4;;/h4-23H,1-3H3;4-21H,1-3H3;2*1H3,(H,3,4);;/q;-2;;;;+2. The molecule has 18 heteroatoms. The molecule has 100 heavy (non-hydrogen) atoms. The van der Waals surface area contributed by atoms with E-state index in [1.54, 1.807) is 0 Å². The molecule has 0 unspecified atom stereocenters. The van der Waals surface area contributed by atoms with Crippen LogP contribution in [0.25, 0.3) is 132 Å². The predicted octanol–water partition coefficient (Wildman–Crippen LogP) is 19.3. The average Bonchev–Trinajstić information content (AvgIpc) is 1.50. The molecule has 18 aromatic rings. The maximum absolute atomic E-state index is 9.00. The quantitative estimate of drug-likeness (QED) is 0.0912. The van der Waals surface area contributed by atoms with Crippen molar-refractivity contribution in [1.29, 1.82) is 0 Å². The summed E-state index contributed by atoms with van der Waals surface area (Å²) < 4.78 is 21.8. The van der Waals surface area contributed by atoms with E-state index in [9.17, 15) is 0 Å². The third-order valence-electron chi connectivity index (χ3n) is 17.4. The summed E-state index contributed by atoms with van der Waals surface area (Å²) in [5.41, 5.74) is 13.9. The summed E-state index contributed by atoms with van der Waals surface area (Å²) in [6, 6.07) is 77.7.